The number of likely N-dealkylation sites (tertiary alicyclic amines) is 1. The summed E-state index contributed by atoms with van der Waals surface area (Å²) in [4.78, 5) is 25.6. The highest BCUT2D eigenvalue weighted by Gasteiger charge is 2.29. The first-order valence-corrected chi connectivity index (χ1v) is 9.23. The van der Waals surface area contributed by atoms with Crippen LogP contribution in [-0.4, -0.2) is 53.3 Å². The zero-order valence-corrected chi connectivity index (χ0v) is 16.0. The minimum atomic E-state index is -0.594. The molecule has 0 saturated carbocycles. The number of hydrogen-bond acceptors (Lipinski definition) is 4. The van der Waals surface area contributed by atoms with Crippen LogP contribution in [0.3, 0.4) is 0 Å². The number of aromatic amines is 1. The fraction of sp³-hybridized carbons (Fsp3) is 0.450. The Hall–Kier alpha value is -2.83. The fourth-order valence-electron chi connectivity index (χ4n) is 3.66. The number of nitrogens with one attached hydrogen (secondary N) is 2. The number of carbonyl (C=O) groups excluding carboxylic acids is 2. The molecule has 2 N–H and O–H groups in total. The SMILES string of the molecule is COC(=O)N[C@H](C)C(=O)N1CCC(c2[nH]ncc2-c2ccccc2C)CC1. The third-order valence-corrected chi connectivity index (χ3v) is 5.21. The van der Waals surface area contributed by atoms with Crippen molar-refractivity contribution in [2.24, 2.45) is 0 Å². The zero-order chi connectivity index (χ0) is 19.4. The lowest BCUT2D eigenvalue weighted by molar-refractivity contribution is -0.134. The van der Waals surface area contributed by atoms with Crippen LogP contribution in [-0.2, 0) is 9.53 Å². The molecule has 1 aliphatic rings. The van der Waals surface area contributed by atoms with Crippen molar-refractivity contribution in [1.82, 2.24) is 20.4 Å². The molecular weight excluding hydrogens is 344 g/mol. The van der Waals surface area contributed by atoms with Crippen LogP contribution in [0.15, 0.2) is 30.5 Å². The number of benzene rings is 1. The first-order chi connectivity index (χ1) is 13.0. The maximum atomic E-state index is 12.5. The lowest BCUT2D eigenvalue weighted by Crippen LogP contribution is -2.49. The highest BCUT2D eigenvalue weighted by Crippen LogP contribution is 2.35. The van der Waals surface area contributed by atoms with E-state index >= 15 is 0 Å². The van der Waals surface area contributed by atoms with Gasteiger partial charge in [0.05, 0.1) is 13.3 Å². The standard InChI is InChI=1S/C20H26N4O3/c1-13-6-4-5-7-16(13)17-12-21-23-18(17)15-8-10-24(11-9-15)19(25)14(2)22-20(26)27-3/h4-7,12,14-15H,8-11H2,1-3H3,(H,21,23)(H,22,26)/t14-/m1/s1. The van der Waals surface area contributed by atoms with Gasteiger partial charge in [-0.3, -0.25) is 9.89 Å². The van der Waals surface area contributed by atoms with Gasteiger partial charge in [0.1, 0.15) is 6.04 Å². The summed E-state index contributed by atoms with van der Waals surface area (Å²) in [6.07, 6.45) is 3.01. The first kappa shape index (κ1) is 18.9. The van der Waals surface area contributed by atoms with Crippen molar-refractivity contribution in [2.75, 3.05) is 20.2 Å². The van der Waals surface area contributed by atoms with Gasteiger partial charge in [0.2, 0.25) is 5.91 Å². The normalized spacial score (nSPS) is 16.0. The van der Waals surface area contributed by atoms with Crippen molar-refractivity contribution in [3.63, 3.8) is 0 Å². The van der Waals surface area contributed by atoms with Gasteiger partial charge in [0.25, 0.3) is 0 Å². The lowest BCUT2D eigenvalue weighted by atomic mass is 9.88. The maximum absolute atomic E-state index is 12.5. The number of amides is 2. The summed E-state index contributed by atoms with van der Waals surface area (Å²) in [5.74, 6) is 0.248. The Kier molecular flexibility index (Phi) is 5.78. The molecule has 1 aromatic heterocycles. The smallest absolute Gasteiger partial charge is 0.407 e. The molecule has 2 amide bonds. The summed E-state index contributed by atoms with van der Waals surface area (Å²) in [5, 5.41) is 9.98. The number of aromatic nitrogens is 2. The number of rotatable bonds is 4. The molecule has 27 heavy (non-hydrogen) atoms. The van der Waals surface area contributed by atoms with Crippen molar-refractivity contribution in [3.05, 3.63) is 41.7 Å². The number of nitrogens with zero attached hydrogens (tertiary/aromatic N) is 2. The molecule has 0 unspecified atom stereocenters. The van der Waals surface area contributed by atoms with E-state index in [4.69, 9.17) is 0 Å². The van der Waals surface area contributed by atoms with E-state index in [1.807, 2.05) is 18.3 Å². The number of ether oxygens (including phenoxy) is 1. The molecule has 2 aromatic rings. The number of carbonyl (C=O) groups is 2. The Balaban J connectivity index is 1.65. The van der Waals surface area contributed by atoms with Crippen molar-refractivity contribution < 1.29 is 14.3 Å². The molecule has 0 bridgehead atoms. The Morgan fingerprint density at radius 2 is 1.96 bits per heavy atom. The molecule has 1 saturated heterocycles. The molecule has 7 heteroatoms. The summed E-state index contributed by atoms with van der Waals surface area (Å²) in [6.45, 7) is 5.09. The second-order valence-electron chi connectivity index (χ2n) is 6.97. The topological polar surface area (TPSA) is 87.3 Å². The number of aryl methyl sites for hydroxylation is 1. The summed E-state index contributed by atoms with van der Waals surface area (Å²) >= 11 is 0. The van der Waals surface area contributed by atoms with Crippen LogP contribution in [0.5, 0.6) is 0 Å². The van der Waals surface area contributed by atoms with E-state index in [9.17, 15) is 9.59 Å². The number of methoxy groups -OCH3 is 1. The van der Waals surface area contributed by atoms with E-state index < -0.39 is 12.1 Å². The molecule has 3 rings (SSSR count). The minimum Gasteiger partial charge on any atom is -0.453 e. The highest BCUT2D eigenvalue weighted by molar-refractivity contribution is 5.85. The van der Waals surface area contributed by atoms with Crippen LogP contribution in [0.1, 0.15) is 36.9 Å². The Bertz CT molecular complexity index is 809. The highest BCUT2D eigenvalue weighted by atomic mass is 16.5. The first-order valence-electron chi connectivity index (χ1n) is 9.23. The lowest BCUT2D eigenvalue weighted by Gasteiger charge is -2.33. The van der Waals surface area contributed by atoms with E-state index in [1.54, 1.807) is 11.8 Å². The average Bonchev–Trinajstić information content (AvgIpc) is 3.17. The van der Waals surface area contributed by atoms with E-state index in [1.165, 1.54) is 18.2 Å². The summed E-state index contributed by atoms with van der Waals surface area (Å²) in [5.41, 5.74) is 4.68. The van der Waals surface area contributed by atoms with Gasteiger partial charge >= 0.3 is 6.09 Å². The van der Waals surface area contributed by atoms with Crippen LogP contribution < -0.4 is 5.32 Å². The molecule has 1 aromatic carbocycles. The van der Waals surface area contributed by atoms with Crippen LogP contribution in [0, 0.1) is 6.92 Å². The van der Waals surface area contributed by atoms with Crippen LogP contribution in [0.4, 0.5) is 4.79 Å². The molecule has 2 heterocycles. The fourth-order valence-corrected chi connectivity index (χ4v) is 3.66. The molecule has 1 fully saturated rings. The van der Waals surface area contributed by atoms with Gasteiger partial charge in [-0.05, 0) is 37.8 Å². The number of alkyl carbamates (subject to hydrolysis) is 1. The Morgan fingerprint density at radius 3 is 2.63 bits per heavy atom. The number of piperidine rings is 1. The molecule has 1 aliphatic heterocycles. The van der Waals surface area contributed by atoms with Gasteiger partial charge in [-0.2, -0.15) is 5.10 Å². The van der Waals surface area contributed by atoms with Crippen LogP contribution in [0.25, 0.3) is 11.1 Å². The molecule has 0 radical (unpaired) electrons. The van der Waals surface area contributed by atoms with Gasteiger partial charge in [0, 0.05) is 30.3 Å². The second kappa shape index (κ2) is 8.24. The summed E-state index contributed by atoms with van der Waals surface area (Å²) < 4.78 is 4.56. The number of H-pyrrole nitrogens is 1. The van der Waals surface area contributed by atoms with Crippen LogP contribution >= 0.6 is 0 Å². The predicted molar refractivity (Wildman–Crippen MR) is 102 cm³/mol. The van der Waals surface area contributed by atoms with E-state index in [2.05, 4.69) is 39.3 Å². The van der Waals surface area contributed by atoms with Crippen molar-refractivity contribution in [1.29, 1.82) is 0 Å². The summed E-state index contributed by atoms with van der Waals surface area (Å²) in [7, 11) is 1.29. The third kappa shape index (κ3) is 4.13. The largest absolute Gasteiger partial charge is 0.453 e. The second-order valence-corrected chi connectivity index (χ2v) is 6.97. The molecule has 0 spiro atoms. The van der Waals surface area contributed by atoms with Crippen molar-refractivity contribution in [2.45, 2.75) is 38.6 Å². The average molecular weight is 370 g/mol. The maximum Gasteiger partial charge on any atom is 0.407 e. The molecule has 144 valence electrons. The molecule has 7 nitrogen and oxygen atoms in total. The van der Waals surface area contributed by atoms with Gasteiger partial charge in [-0.25, -0.2) is 4.79 Å². The minimum absolute atomic E-state index is 0.0809. The van der Waals surface area contributed by atoms with Crippen molar-refractivity contribution in [3.8, 4) is 11.1 Å². The van der Waals surface area contributed by atoms with E-state index in [0.29, 0.717) is 19.0 Å². The molecule has 0 aliphatic carbocycles. The quantitative estimate of drug-likeness (QED) is 0.866. The Labute approximate surface area is 159 Å². The Morgan fingerprint density at radius 1 is 1.26 bits per heavy atom. The zero-order valence-electron chi connectivity index (χ0n) is 16.0. The van der Waals surface area contributed by atoms with Crippen molar-refractivity contribution >= 4 is 12.0 Å². The molecular formula is C20H26N4O3. The predicted octanol–water partition coefficient (Wildman–Crippen LogP) is 2.84. The molecule has 1 atom stereocenters. The van der Waals surface area contributed by atoms with Gasteiger partial charge in [-0.15, -0.1) is 0 Å². The number of hydrogen-bond donors (Lipinski definition) is 2. The monoisotopic (exact) mass is 370 g/mol. The van der Waals surface area contributed by atoms with Gasteiger partial charge in [-0.1, -0.05) is 24.3 Å². The van der Waals surface area contributed by atoms with Crippen LogP contribution in [0.2, 0.25) is 0 Å². The van der Waals surface area contributed by atoms with E-state index in [0.717, 1.165) is 24.1 Å². The van der Waals surface area contributed by atoms with E-state index in [-0.39, 0.29) is 5.91 Å². The van der Waals surface area contributed by atoms with Gasteiger partial charge in [0.15, 0.2) is 0 Å². The third-order valence-electron chi connectivity index (χ3n) is 5.21. The van der Waals surface area contributed by atoms with Gasteiger partial charge < -0.3 is 15.0 Å². The summed E-state index contributed by atoms with van der Waals surface area (Å²) in [6, 6.07) is 7.69.